The second kappa shape index (κ2) is 6.69. The number of halogens is 2. The smallest absolute Gasteiger partial charge is 0.180 e. The molecule has 0 fully saturated rings. The predicted molar refractivity (Wildman–Crippen MR) is 82.3 cm³/mol. The van der Waals surface area contributed by atoms with Crippen molar-refractivity contribution in [3.05, 3.63) is 57.8 Å². The lowest BCUT2D eigenvalue weighted by molar-refractivity contribution is 0.184. The van der Waals surface area contributed by atoms with Gasteiger partial charge in [-0.25, -0.2) is 4.39 Å². The summed E-state index contributed by atoms with van der Waals surface area (Å²) in [6, 6.07) is 10.2. The van der Waals surface area contributed by atoms with Gasteiger partial charge in [-0.2, -0.15) is 0 Å². The van der Waals surface area contributed by atoms with Crippen LogP contribution in [0.4, 0.5) is 4.39 Å². The first kappa shape index (κ1) is 15.5. The molecule has 0 saturated carbocycles. The lowest BCUT2D eigenvalue weighted by Crippen LogP contribution is -2.12. The number of nitrogens with two attached hydrogens (primary N) is 1. The molecule has 0 heterocycles. The largest absolute Gasteiger partial charge is 0.454 e. The van der Waals surface area contributed by atoms with E-state index in [2.05, 4.69) is 15.9 Å². The maximum Gasteiger partial charge on any atom is 0.180 e. The Morgan fingerprint density at radius 1 is 1.33 bits per heavy atom. The highest BCUT2D eigenvalue weighted by Crippen LogP contribution is 2.31. The topological polar surface area (TPSA) is 68.3 Å². The number of ether oxygens (including phenoxy) is 2. The van der Waals surface area contributed by atoms with Crippen molar-refractivity contribution in [2.75, 3.05) is 7.11 Å². The predicted octanol–water partition coefficient (Wildman–Crippen LogP) is 3.81. The Labute approximate surface area is 130 Å². The minimum absolute atomic E-state index is 0.0569. The zero-order chi connectivity index (χ0) is 15.4. The van der Waals surface area contributed by atoms with E-state index < -0.39 is 5.82 Å². The molecule has 0 aromatic heterocycles. The maximum atomic E-state index is 14.2. The van der Waals surface area contributed by atoms with Crippen molar-refractivity contribution in [2.24, 2.45) is 5.73 Å². The number of benzene rings is 2. The van der Waals surface area contributed by atoms with Gasteiger partial charge in [0.2, 0.25) is 0 Å². The van der Waals surface area contributed by atoms with Crippen molar-refractivity contribution >= 4 is 21.8 Å². The number of nitrogen functional groups attached to an aromatic ring is 1. The molecule has 0 aliphatic heterocycles. The Bertz CT molecular complexity index is 677. The van der Waals surface area contributed by atoms with Crippen molar-refractivity contribution in [1.82, 2.24) is 0 Å². The van der Waals surface area contributed by atoms with E-state index in [-0.39, 0.29) is 21.6 Å². The number of hydrogen-bond acceptors (Lipinski definition) is 3. The fourth-order valence-electron chi connectivity index (χ4n) is 1.81. The Hall–Kier alpha value is -1.92. The molecule has 0 saturated heterocycles. The third-order valence-electron chi connectivity index (χ3n) is 2.77. The van der Waals surface area contributed by atoms with Gasteiger partial charge in [0, 0.05) is 12.7 Å². The molecule has 110 valence electrons. The molecule has 0 aliphatic rings. The van der Waals surface area contributed by atoms with Gasteiger partial charge in [-0.05, 0) is 45.8 Å². The van der Waals surface area contributed by atoms with E-state index in [0.717, 1.165) is 5.56 Å². The van der Waals surface area contributed by atoms with E-state index in [1.165, 1.54) is 12.1 Å². The summed E-state index contributed by atoms with van der Waals surface area (Å²) >= 11 is 3.09. The molecular weight excluding hydrogens is 339 g/mol. The fourth-order valence-corrected chi connectivity index (χ4v) is 2.35. The molecule has 21 heavy (non-hydrogen) atoms. The van der Waals surface area contributed by atoms with E-state index in [1.807, 2.05) is 6.07 Å². The van der Waals surface area contributed by atoms with Gasteiger partial charge in [-0.3, -0.25) is 5.41 Å². The van der Waals surface area contributed by atoms with Gasteiger partial charge in [-0.15, -0.1) is 0 Å². The molecule has 0 unspecified atom stereocenters. The summed E-state index contributed by atoms with van der Waals surface area (Å²) in [5.41, 5.74) is 6.58. The molecule has 2 rings (SSSR count). The number of amidine groups is 1. The standard InChI is InChI=1S/C15H14BrFN2O2/c1-20-8-9-3-2-4-10(7-9)21-12-6-5-11(15(18)19)13(16)14(12)17/h2-7H,8H2,1H3,(H3,18,19). The van der Waals surface area contributed by atoms with Crippen molar-refractivity contribution < 1.29 is 13.9 Å². The summed E-state index contributed by atoms with van der Waals surface area (Å²) in [6.45, 7) is 0.451. The van der Waals surface area contributed by atoms with Crippen LogP contribution >= 0.6 is 15.9 Å². The van der Waals surface area contributed by atoms with Crippen LogP contribution in [-0.2, 0) is 11.3 Å². The minimum Gasteiger partial charge on any atom is -0.454 e. The number of nitrogens with one attached hydrogen (secondary N) is 1. The normalized spacial score (nSPS) is 10.4. The molecule has 2 aromatic rings. The highest BCUT2D eigenvalue weighted by Gasteiger charge is 2.14. The van der Waals surface area contributed by atoms with Crippen LogP contribution in [0.1, 0.15) is 11.1 Å². The summed E-state index contributed by atoms with van der Waals surface area (Å²) < 4.78 is 24.9. The summed E-state index contributed by atoms with van der Waals surface area (Å²) in [7, 11) is 1.60. The maximum absolute atomic E-state index is 14.2. The van der Waals surface area contributed by atoms with E-state index >= 15 is 0 Å². The molecule has 2 aromatic carbocycles. The van der Waals surface area contributed by atoms with Crippen LogP contribution in [-0.4, -0.2) is 12.9 Å². The van der Waals surface area contributed by atoms with E-state index in [1.54, 1.807) is 25.3 Å². The summed E-state index contributed by atoms with van der Waals surface area (Å²) in [5, 5.41) is 7.37. The Kier molecular flexibility index (Phi) is 4.93. The SMILES string of the molecule is COCc1cccc(Oc2ccc(C(=N)N)c(Br)c2F)c1. The van der Waals surface area contributed by atoms with Crippen LogP contribution in [0.2, 0.25) is 0 Å². The Morgan fingerprint density at radius 3 is 2.76 bits per heavy atom. The van der Waals surface area contributed by atoms with E-state index in [4.69, 9.17) is 20.6 Å². The monoisotopic (exact) mass is 352 g/mol. The average Bonchev–Trinajstić information content (AvgIpc) is 2.44. The Balaban J connectivity index is 2.30. The third-order valence-corrected chi connectivity index (χ3v) is 3.55. The fraction of sp³-hybridized carbons (Fsp3) is 0.133. The van der Waals surface area contributed by atoms with Crippen molar-refractivity contribution in [3.8, 4) is 11.5 Å². The van der Waals surface area contributed by atoms with Gasteiger partial charge in [0.25, 0.3) is 0 Å². The molecule has 6 heteroatoms. The summed E-state index contributed by atoms with van der Waals surface area (Å²) in [6.07, 6.45) is 0. The van der Waals surface area contributed by atoms with E-state index in [0.29, 0.717) is 12.4 Å². The highest BCUT2D eigenvalue weighted by atomic mass is 79.9. The number of rotatable bonds is 5. The van der Waals surface area contributed by atoms with E-state index in [9.17, 15) is 4.39 Å². The van der Waals surface area contributed by atoms with Crippen LogP contribution < -0.4 is 10.5 Å². The Morgan fingerprint density at radius 2 is 2.10 bits per heavy atom. The average molecular weight is 353 g/mol. The molecule has 3 N–H and O–H groups in total. The van der Waals surface area contributed by atoms with Crippen molar-refractivity contribution in [1.29, 1.82) is 5.41 Å². The molecule has 0 bridgehead atoms. The second-order valence-electron chi connectivity index (χ2n) is 4.34. The first-order chi connectivity index (χ1) is 10.0. The molecule has 0 spiro atoms. The molecule has 4 nitrogen and oxygen atoms in total. The molecule has 0 aliphatic carbocycles. The van der Waals surface area contributed by atoms with Gasteiger partial charge in [0.1, 0.15) is 11.6 Å². The van der Waals surface area contributed by atoms with Gasteiger partial charge >= 0.3 is 0 Å². The van der Waals surface area contributed by atoms with Crippen LogP contribution in [0.25, 0.3) is 0 Å². The molecule has 0 amide bonds. The highest BCUT2D eigenvalue weighted by molar-refractivity contribution is 9.10. The van der Waals surface area contributed by atoms with Crippen LogP contribution in [0.15, 0.2) is 40.9 Å². The summed E-state index contributed by atoms with van der Waals surface area (Å²) in [5.74, 6) is -0.248. The van der Waals surface area contributed by atoms with Crippen molar-refractivity contribution in [3.63, 3.8) is 0 Å². The van der Waals surface area contributed by atoms with Gasteiger partial charge < -0.3 is 15.2 Å². The van der Waals surface area contributed by atoms with Gasteiger partial charge in [0.15, 0.2) is 11.6 Å². The van der Waals surface area contributed by atoms with Crippen LogP contribution in [0, 0.1) is 11.2 Å². The third kappa shape index (κ3) is 3.59. The summed E-state index contributed by atoms with van der Waals surface area (Å²) in [4.78, 5) is 0. The van der Waals surface area contributed by atoms with Crippen LogP contribution in [0.5, 0.6) is 11.5 Å². The zero-order valence-electron chi connectivity index (χ0n) is 11.3. The van der Waals surface area contributed by atoms with Gasteiger partial charge in [-0.1, -0.05) is 12.1 Å². The zero-order valence-corrected chi connectivity index (χ0v) is 12.9. The van der Waals surface area contributed by atoms with Crippen LogP contribution in [0.3, 0.4) is 0 Å². The molecule has 0 atom stereocenters. The lowest BCUT2D eigenvalue weighted by Gasteiger charge is -2.11. The minimum atomic E-state index is -0.597. The number of methoxy groups -OCH3 is 1. The van der Waals surface area contributed by atoms with Gasteiger partial charge in [0.05, 0.1) is 11.1 Å². The first-order valence-corrected chi connectivity index (χ1v) is 6.90. The molecule has 0 radical (unpaired) electrons. The number of hydrogen-bond donors (Lipinski definition) is 2. The molecular formula is C15H14BrFN2O2. The second-order valence-corrected chi connectivity index (χ2v) is 5.13. The quantitative estimate of drug-likeness (QED) is 0.634. The first-order valence-electron chi connectivity index (χ1n) is 6.11. The van der Waals surface area contributed by atoms with Crippen molar-refractivity contribution in [2.45, 2.75) is 6.61 Å². The lowest BCUT2D eigenvalue weighted by atomic mass is 10.2.